The van der Waals surface area contributed by atoms with E-state index in [4.69, 9.17) is 0 Å². The molecule has 9 aliphatic carbocycles. The molecule has 0 saturated heterocycles. The molecule has 0 heterocycles. The first-order valence-electron chi connectivity index (χ1n) is 18.5. The number of fused-ring (bicyclic) bond motifs is 6. The van der Waals surface area contributed by atoms with Gasteiger partial charge in [0.25, 0.3) is 0 Å². The van der Waals surface area contributed by atoms with Crippen molar-refractivity contribution >= 4 is 31.9 Å². The van der Waals surface area contributed by atoms with Crippen molar-refractivity contribution in [3.8, 4) is 0 Å². The lowest BCUT2D eigenvalue weighted by Crippen LogP contribution is -2.41. The molecular weight excluding hydrogens is 688 g/mol. The maximum Gasteiger partial charge on any atom is 0.0141 e. The molecule has 0 radical (unpaired) electrons. The summed E-state index contributed by atoms with van der Waals surface area (Å²) >= 11 is 8.02. The monoisotopic (exact) mass is 736 g/mol. The molecule has 0 fully saturated rings. The number of hydrogen-bond acceptors (Lipinski definition) is 0. The molecule has 0 amide bonds. The lowest BCUT2D eigenvalue weighted by Gasteiger charge is -2.50. The normalized spacial score (nSPS) is 41.3. The van der Waals surface area contributed by atoms with E-state index in [-0.39, 0.29) is 5.41 Å². The SMILES string of the molecule is CC1(C)C2=C(C=CC(C3=C4C=CC(Br)=CC4C(C4=CC5C(CC4)C4=C(CCCC4)C5(C)C)C4CCC(Br)=CC34)C2)C2C=CC=CC21. The van der Waals surface area contributed by atoms with Crippen molar-refractivity contribution in [3.63, 3.8) is 0 Å². The minimum absolute atomic E-state index is 0.199. The van der Waals surface area contributed by atoms with Crippen LogP contribution in [0.1, 0.15) is 85.5 Å². The zero-order chi connectivity index (χ0) is 31.5. The first-order chi connectivity index (χ1) is 22.1. The molecule has 240 valence electrons. The summed E-state index contributed by atoms with van der Waals surface area (Å²) in [5.41, 5.74) is 12.7. The minimum atomic E-state index is 0.199. The van der Waals surface area contributed by atoms with Gasteiger partial charge in [-0.3, -0.25) is 0 Å². The topological polar surface area (TPSA) is 0 Å². The molecule has 9 aliphatic rings. The van der Waals surface area contributed by atoms with E-state index in [9.17, 15) is 0 Å². The Kier molecular flexibility index (Phi) is 7.23. The van der Waals surface area contributed by atoms with Gasteiger partial charge in [-0.2, -0.15) is 0 Å². The van der Waals surface area contributed by atoms with Gasteiger partial charge in [-0.15, -0.1) is 0 Å². The van der Waals surface area contributed by atoms with Crippen LogP contribution in [0.4, 0.5) is 0 Å². The predicted molar refractivity (Wildman–Crippen MR) is 200 cm³/mol. The maximum absolute atomic E-state index is 4.04. The van der Waals surface area contributed by atoms with Gasteiger partial charge in [0.1, 0.15) is 0 Å². The predicted octanol–water partition coefficient (Wildman–Crippen LogP) is 12.8. The van der Waals surface area contributed by atoms with E-state index >= 15 is 0 Å². The van der Waals surface area contributed by atoms with Crippen LogP contribution in [0, 0.1) is 64.1 Å². The van der Waals surface area contributed by atoms with Crippen molar-refractivity contribution in [3.05, 3.63) is 115 Å². The molecule has 0 aromatic carbocycles. The van der Waals surface area contributed by atoms with Crippen LogP contribution < -0.4 is 0 Å². The van der Waals surface area contributed by atoms with E-state index in [1.165, 1.54) is 66.8 Å². The molecule has 0 bridgehead atoms. The Morgan fingerprint density at radius 2 is 1.48 bits per heavy atom. The molecule has 0 nitrogen and oxygen atoms in total. The first-order valence-corrected chi connectivity index (χ1v) is 20.1. The van der Waals surface area contributed by atoms with Crippen molar-refractivity contribution in [1.29, 1.82) is 0 Å². The third kappa shape index (κ3) is 4.40. The van der Waals surface area contributed by atoms with Crippen molar-refractivity contribution in [2.75, 3.05) is 0 Å². The van der Waals surface area contributed by atoms with Gasteiger partial charge in [0.15, 0.2) is 0 Å². The molecule has 2 heteroatoms. The fourth-order valence-corrected chi connectivity index (χ4v) is 13.4. The number of rotatable bonds is 2. The fourth-order valence-electron chi connectivity index (χ4n) is 12.5. The summed E-state index contributed by atoms with van der Waals surface area (Å²) in [7, 11) is 0. The van der Waals surface area contributed by atoms with E-state index < -0.39 is 0 Å². The van der Waals surface area contributed by atoms with E-state index in [1.54, 1.807) is 27.9 Å². The summed E-state index contributed by atoms with van der Waals surface area (Å²) in [5, 5.41) is 0. The highest BCUT2D eigenvalue weighted by Crippen LogP contribution is 2.63. The second-order valence-electron chi connectivity index (χ2n) is 17.2. The van der Waals surface area contributed by atoms with Crippen molar-refractivity contribution in [2.24, 2.45) is 64.1 Å². The van der Waals surface area contributed by atoms with Crippen molar-refractivity contribution < 1.29 is 0 Å². The zero-order valence-electron chi connectivity index (χ0n) is 28.2. The van der Waals surface area contributed by atoms with Gasteiger partial charge in [-0.25, -0.2) is 0 Å². The fraction of sp³-hybridized carbons (Fsp3) is 0.545. The minimum Gasteiger partial charge on any atom is -0.0804 e. The summed E-state index contributed by atoms with van der Waals surface area (Å²) in [6.07, 6.45) is 39.5. The highest BCUT2D eigenvalue weighted by atomic mass is 79.9. The highest BCUT2D eigenvalue weighted by Gasteiger charge is 2.53. The molecule has 9 unspecified atom stereocenters. The van der Waals surface area contributed by atoms with Crippen molar-refractivity contribution in [1.82, 2.24) is 0 Å². The summed E-state index contributed by atoms with van der Waals surface area (Å²) < 4.78 is 2.70. The van der Waals surface area contributed by atoms with E-state index in [0.29, 0.717) is 52.8 Å². The van der Waals surface area contributed by atoms with Crippen LogP contribution in [-0.4, -0.2) is 0 Å². The molecule has 0 spiro atoms. The highest BCUT2D eigenvalue weighted by molar-refractivity contribution is 9.12. The van der Waals surface area contributed by atoms with Crippen LogP contribution in [0.15, 0.2) is 115 Å². The largest absolute Gasteiger partial charge is 0.0804 e. The van der Waals surface area contributed by atoms with Crippen molar-refractivity contribution in [2.45, 2.75) is 85.5 Å². The maximum atomic E-state index is 4.04. The summed E-state index contributed by atoms with van der Waals surface area (Å²) in [6, 6.07) is 0. The van der Waals surface area contributed by atoms with Gasteiger partial charge < -0.3 is 0 Å². The van der Waals surface area contributed by atoms with Crippen LogP contribution in [0.5, 0.6) is 0 Å². The van der Waals surface area contributed by atoms with Crippen LogP contribution in [-0.2, 0) is 0 Å². The van der Waals surface area contributed by atoms with E-state index in [1.807, 2.05) is 11.1 Å². The van der Waals surface area contributed by atoms with Gasteiger partial charge in [-0.1, -0.05) is 148 Å². The third-order valence-electron chi connectivity index (χ3n) is 14.6. The summed E-state index contributed by atoms with van der Waals surface area (Å²) in [5.74, 6) is 5.30. The van der Waals surface area contributed by atoms with Crippen LogP contribution in [0.2, 0.25) is 0 Å². The number of hydrogen-bond donors (Lipinski definition) is 0. The Hall–Kier alpha value is -1.64. The summed E-state index contributed by atoms with van der Waals surface area (Å²) in [4.78, 5) is 0. The van der Waals surface area contributed by atoms with Gasteiger partial charge in [0, 0.05) is 28.2 Å². The second kappa shape index (κ2) is 10.9. The van der Waals surface area contributed by atoms with Crippen LogP contribution >= 0.6 is 31.9 Å². The second-order valence-corrected chi connectivity index (χ2v) is 19.1. The molecule has 0 N–H and O–H groups in total. The first kappa shape index (κ1) is 30.4. The molecule has 46 heavy (non-hydrogen) atoms. The molecule has 9 atom stereocenters. The van der Waals surface area contributed by atoms with Gasteiger partial charge in [-0.05, 0) is 120 Å². The van der Waals surface area contributed by atoms with Crippen LogP contribution in [0.3, 0.4) is 0 Å². The van der Waals surface area contributed by atoms with E-state index in [2.05, 4.69) is 126 Å². The Labute approximate surface area is 294 Å². The number of allylic oxidation sites excluding steroid dienone is 20. The standard InChI is InChI=1S/C44H50Br2/c1-43(2)37-11-7-5-9-29(37)31-17-13-25(21-39(31)43)41-33-19-15-28(46)24-36(33)42(34-20-16-27(45)23-35(34)41)26-14-18-32-30-10-6-8-12-38(30)44(3,4)40(32)22-26/h5,7,9,11,13,15,17,19,22-25,29,32,34-37,40,42H,6,8,10,12,14,16,18,20-21H2,1-4H3. The molecule has 0 aromatic heterocycles. The Morgan fingerprint density at radius 3 is 2.35 bits per heavy atom. The van der Waals surface area contributed by atoms with E-state index in [0.717, 1.165) is 5.92 Å². The van der Waals surface area contributed by atoms with Crippen LogP contribution in [0.25, 0.3) is 0 Å². The lowest BCUT2D eigenvalue weighted by atomic mass is 9.54. The average Bonchev–Trinajstić information content (AvgIpc) is 3.43. The Morgan fingerprint density at radius 1 is 0.674 bits per heavy atom. The Bertz CT molecular complexity index is 1690. The molecule has 0 aliphatic heterocycles. The molecular formula is C44H50Br2. The molecule has 0 aromatic rings. The molecule has 9 rings (SSSR count). The van der Waals surface area contributed by atoms with Gasteiger partial charge in [0.05, 0.1) is 0 Å². The zero-order valence-corrected chi connectivity index (χ0v) is 31.3. The smallest absolute Gasteiger partial charge is 0.0141 e. The van der Waals surface area contributed by atoms with Gasteiger partial charge >= 0.3 is 0 Å². The Balaban J connectivity index is 1.13. The molecule has 0 saturated carbocycles. The third-order valence-corrected chi connectivity index (χ3v) is 15.7. The number of halogens is 2. The quantitative estimate of drug-likeness (QED) is 0.248. The average molecular weight is 739 g/mol. The van der Waals surface area contributed by atoms with Gasteiger partial charge in [0.2, 0.25) is 0 Å². The summed E-state index contributed by atoms with van der Waals surface area (Å²) in [6.45, 7) is 10.2. The lowest BCUT2D eigenvalue weighted by molar-refractivity contribution is 0.201.